The summed E-state index contributed by atoms with van der Waals surface area (Å²) >= 11 is 6.32. The minimum absolute atomic E-state index is 0.572. The van der Waals surface area contributed by atoms with Gasteiger partial charge in [-0.05, 0) is 44.4 Å². The van der Waals surface area contributed by atoms with E-state index >= 15 is 0 Å². The lowest BCUT2D eigenvalue weighted by molar-refractivity contribution is 0.0886. The monoisotopic (exact) mass is 282 g/mol. The summed E-state index contributed by atoms with van der Waals surface area (Å²) < 4.78 is 0. The second-order valence-corrected chi connectivity index (χ2v) is 6.51. The molecule has 19 heavy (non-hydrogen) atoms. The zero-order valence-corrected chi connectivity index (χ0v) is 12.7. The molecule has 0 bridgehead atoms. The van der Waals surface area contributed by atoms with Gasteiger partial charge in [0.05, 0.1) is 5.60 Å². The zero-order valence-electron chi connectivity index (χ0n) is 11.9. The van der Waals surface area contributed by atoms with Crippen LogP contribution in [0.15, 0.2) is 18.2 Å². The SMILES string of the molecule is CN(CC(C)(C)O)c1ccc(CNC2CC2)c(Cl)c1. The van der Waals surface area contributed by atoms with Crippen molar-refractivity contribution in [3.05, 3.63) is 28.8 Å². The van der Waals surface area contributed by atoms with Crippen molar-refractivity contribution in [3.63, 3.8) is 0 Å². The van der Waals surface area contributed by atoms with Gasteiger partial charge in [-0.2, -0.15) is 0 Å². The summed E-state index contributed by atoms with van der Waals surface area (Å²) in [5.74, 6) is 0. The largest absolute Gasteiger partial charge is 0.389 e. The van der Waals surface area contributed by atoms with E-state index in [1.807, 2.05) is 18.0 Å². The van der Waals surface area contributed by atoms with Crippen LogP contribution in [-0.4, -0.2) is 30.3 Å². The van der Waals surface area contributed by atoms with E-state index in [0.717, 1.165) is 22.8 Å². The van der Waals surface area contributed by atoms with Crippen LogP contribution in [-0.2, 0) is 6.54 Å². The molecule has 1 aromatic rings. The first-order valence-electron chi connectivity index (χ1n) is 6.80. The Labute approximate surface area is 120 Å². The second kappa shape index (κ2) is 5.70. The molecule has 0 atom stereocenters. The van der Waals surface area contributed by atoms with Crippen LogP contribution in [0.1, 0.15) is 32.3 Å². The van der Waals surface area contributed by atoms with Gasteiger partial charge in [-0.3, -0.25) is 0 Å². The number of nitrogens with one attached hydrogen (secondary N) is 1. The van der Waals surface area contributed by atoms with Crippen molar-refractivity contribution in [2.45, 2.75) is 44.9 Å². The summed E-state index contributed by atoms with van der Waals surface area (Å²) in [6.45, 7) is 5.01. The third kappa shape index (κ3) is 4.68. The van der Waals surface area contributed by atoms with Crippen molar-refractivity contribution in [1.29, 1.82) is 0 Å². The molecule has 0 aromatic heterocycles. The molecule has 0 aliphatic heterocycles. The maximum atomic E-state index is 9.84. The second-order valence-electron chi connectivity index (χ2n) is 6.10. The van der Waals surface area contributed by atoms with Crippen LogP contribution >= 0.6 is 11.6 Å². The van der Waals surface area contributed by atoms with Crippen molar-refractivity contribution in [2.75, 3.05) is 18.5 Å². The van der Waals surface area contributed by atoms with Crippen molar-refractivity contribution in [2.24, 2.45) is 0 Å². The average Bonchev–Trinajstić information content (AvgIpc) is 3.08. The quantitative estimate of drug-likeness (QED) is 0.842. The normalized spacial score (nSPS) is 15.6. The first-order valence-corrected chi connectivity index (χ1v) is 7.18. The third-order valence-corrected chi connectivity index (χ3v) is 3.61. The van der Waals surface area contributed by atoms with Crippen LogP contribution in [0.5, 0.6) is 0 Å². The van der Waals surface area contributed by atoms with Gasteiger partial charge >= 0.3 is 0 Å². The van der Waals surface area contributed by atoms with E-state index in [4.69, 9.17) is 11.6 Å². The molecule has 2 N–H and O–H groups in total. The smallest absolute Gasteiger partial charge is 0.0765 e. The molecule has 4 heteroatoms. The van der Waals surface area contributed by atoms with Crippen LogP contribution in [0, 0.1) is 0 Å². The summed E-state index contributed by atoms with van der Waals surface area (Å²) in [6, 6.07) is 6.78. The van der Waals surface area contributed by atoms with Crippen molar-refractivity contribution >= 4 is 17.3 Å². The number of nitrogens with zero attached hydrogens (tertiary/aromatic N) is 1. The van der Waals surface area contributed by atoms with Gasteiger partial charge in [-0.25, -0.2) is 0 Å². The lowest BCUT2D eigenvalue weighted by Crippen LogP contribution is -2.36. The number of halogens is 1. The number of aliphatic hydroxyl groups is 1. The zero-order chi connectivity index (χ0) is 14.0. The van der Waals surface area contributed by atoms with Gasteiger partial charge in [-0.15, -0.1) is 0 Å². The van der Waals surface area contributed by atoms with E-state index in [2.05, 4.69) is 17.4 Å². The molecule has 0 saturated heterocycles. The van der Waals surface area contributed by atoms with Crippen molar-refractivity contribution in [3.8, 4) is 0 Å². The maximum absolute atomic E-state index is 9.84. The topological polar surface area (TPSA) is 35.5 Å². The Kier molecular flexibility index (Phi) is 4.39. The average molecular weight is 283 g/mol. The molecule has 1 fully saturated rings. The fourth-order valence-electron chi connectivity index (χ4n) is 2.13. The molecule has 0 unspecified atom stereocenters. The van der Waals surface area contributed by atoms with Gasteiger partial charge < -0.3 is 15.3 Å². The van der Waals surface area contributed by atoms with Crippen molar-refractivity contribution < 1.29 is 5.11 Å². The number of benzene rings is 1. The predicted molar refractivity (Wildman–Crippen MR) is 80.9 cm³/mol. The van der Waals surface area contributed by atoms with Crippen LogP contribution in [0.25, 0.3) is 0 Å². The molecule has 106 valence electrons. The lowest BCUT2D eigenvalue weighted by atomic mass is 10.1. The van der Waals surface area contributed by atoms with E-state index in [1.54, 1.807) is 13.8 Å². The van der Waals surface area contributed by atoms with Gasteiger partial charge in [-0.1, -0.05) is 17.7 Å². The highest BCUT2D eigenvalue weighted by Crippen LogP contribution is 2.25. The summed E-state index contributed by atoms with van der Waals surface area (Å²) in [4.78, 5) is 2.02. The molecule has 3 nitrogen and oxygen atoms in total. The van der Waals surface area contributed by atoms with Gasteiger partial charge in [0.15, 0.2) is 0 Å². The molecule has 1 aliphatic rings. The standard InChI is InChI=1S/C15H23ClN2O/c1-15(2,19)10-18(3)13-7-4-11(14(16)8-13)9-17-12-5-6-12/h4,7-8,12,17,19H,5-6,9-10H2,1-3H3. The van der Waals surface area contributed by atoms with Crippen molar-refractivity contribution in [1.82, 2.24) is 5.32 Å². The number of hydrogen-bond donors (Lipinski definition) is 2. The Hall–Kier alpha value is -0.770. The van der Waals surface area contributed by atoms with E-state index in [9.17, 15) is 5.11 Å². The highest BCUT2D eigenvalue weighted by atomic mass is 35.5. The first kappa shape index (κ1) is 14.6. The fourth-order valence-corrected chi connectivity index (χ4v) is 2.37. The maximum Gasteiger partial charge on any atom is 0.0765 e. The summed E-state index contributed by atoms with van der Waals surface area (Å²) in [6.07, 6.45) is 2.56. The molecular formula is C15H23ClN2O. The van der Waals surface area contributed by atoms with E-state index in [1.165, 1.54) is 12.8 Å². The molecule has 0 heterocycles. The molecular weight excluding hydrogens is 260 g/mol. The third-order valence-electron chi connectivity index (χ3n) is 3.26. The van der Waals surface area contributed by atoms with Crippen LogP contribution in [0.4, 0.5) is 5.69 Å². The van der Waals surface area contributed by atoms with Gasteiger partial charge in [0.1, 0.15) is 0 Å². The summed E-state index contributed by atoms with van der Waals surface area (Å²) in [5.41, 5.74) is 1.45. The molecule has 1 saturated carbocycles. The van der Waals surface area contributed by atoms with Crippen LogP contribution in [0.2, 0.25) is 5.02 Å². The predicted octanol–water partition coefficient (Wildman–Crippen LogP) is 2.80. The molecule has 0 amide bonds. The summed E-state index contributed by atoms with van der Waals surface area (Å²) in [5, 5.41) is 14.1. The first-order chi connectivity index (χ1) is 8.85. The Bertz CT molecular complexity index is 438. The molecule has 0 spiro atoms. The Morgan fingerprint density at radius 3 is 2.63 bits per heavy atom. The number of hydrogen-bond acceptors (Lipinski definition) is 3. The highest BCUT2D eigenvalue weighted by Gasteiger charge is 2.20. The van der Waals surface area contributed by atoms with E-state index < -0.39 is 5.60 Å². The lowest BCUT2D eigenvalue weighted by Gasteiger charge is -2.27. The van der Waals surface area contributed by atoms with Crippen LogP contribution in [0.3, 0.4) is 0 Å². The fraction of sp³-hybridized carbons (Fsp3) is 0.600. The molecule has 1 aliphatic carbocycles. The Morgan fingerprint density at radius 1 is 1.42 bits per heavy atom. The van der Waals surface area contributed by atoms with E-state index in [-0.39, 0.29) is 0 Å². The Morgan fingerprint density at radius 2 is 2.11 bits per heavy atom. The molecule has 2 rings (SSSR count). The number of anilines is 1. The Balaban J connectivity index is 2.00. The van der Waals surface area contributed by atoms with Crippen LogP contribution < -0.4 is 10.2 Å². The van der Waals surface area contributed by atoms with Gasteiger partial charge in [0, 0.05) is 36.9 Å². The highest BCUT2D eigenvalue weighted by molar-refractivity contribution is 6.31. The molecule has 0 radical (unpaired) electrons. The minimum atomic E-state index is -0.715. The minimum Gasteiger partial charge on any atom is -0.389 e. The number of rotatable bonds is 6. The molecule has 1 aromatic carbocycles. The van der Waals surface area contributed by atoms with E-state index in [0.29, 0.717) is 12.6 Å². The van der Waals surface area contributed by atoms with Gasteiger partial charge in [0.25, 0.3) is 0 Å². The van der Waals surface area contributed by atoms with Gasteiger partial charge in [0.2, 0.25) is 0 Å². The summed E-state index contributed by atoms with van der Waals surface area (Å²) in [7, 11) is 1.96. The number of likely N-dealkylation sites (N-methyl/N-ethyl adjacent to an activating group) is 1.